The molecule has 1 aliphatic rings. The van der Waals surface area contributed by atoms with E-state index in [9.17, 15) is 4.79 Å². The van der Waals surface area contributed by atoms with Gasteiger partial charge in [-0.1, -0.05) is 12.8 Å². The van der Waals surface area contributed by atoms with Gasteiger partial charge >= 0.3 is 0 Å². The number of aromatic nitrogens is 2. The highest BCUT2D eigenvalue weighted by molar-refractivity contribution is 5.98. The summed E-state index contributed by atoms with van der Waals surface area (Å²) in [6.45, 7) is 6.20. The second-order valence-corrected chi connectivity index (χ2v) is 7.38. The molecule has 1 heterocycles. The number of anilines is 3. The average molecular weight is 368 g/mol. The number of nitrogens with two attached hydrogens (primary N) is 2. The van der Waals surface area contributed by atoms with E-state index in [1.54, 1.807) is 0 Å². The molecule has 2 aromatic rings. The van der Waals surface area contributed by atoms with Gasteiger partial charge in [0, 0.05) is 24.0 Å². The largest absolute Gasteiger partial charge is 0.365 e. The lowest BCUT2D eigenvalue weighted by Crippen LogP contribution is -2.43. The third-order valence-corrected chi connectivity index (χ3v) is 5.38. The topological polar surface area (TPSA) is 119 Å². The molecule has 2 atom stereocenters. The third-order valence-electron chi connectivity index (χ3n) is 5.38. The number of primary amides is 1. The van der Waals surface area contributed by atoms with E-state index < -0.39 is 5.91 Å². The van der Waals surface area contributed by atoms with E-state index in [4.69, 9.17) is 11.5 Å². The van der Waals surface area contributed by atoms with Crippen molar-refractivity contribution in [2.45, 2.75) is 58.5 Å². The van der Waals surface area contributed by atoms with Crippen molar-refractivity contribution in [1.29, 1.82) is 0 Å². The molecule has 1 amide bonds. The van der Waals surface area contributed by atoms with E-state index in [-0.39, 0.29) is 17.6 Å². The molecule has 1 aliphatic carbocycles. The van der Waals surface area contributed by atoms with Crippen LogP contribution in [0.15, 0.2) is 18.3 Å². The Morgan fingerprint density at radius 3 is 2.44 bits per heavy atom. The zero-order chi connectivity index (χ0) is 19.6. The molecule has 0 saturated heterocycles. The van der Waals surface area contributed by atoms with Gasteiger partial charge in [0.05, 0.1) is 0 Å². The lowest BCUT2D eigenvalue weighted by molar-refractivity contribution is 0.100. The van der Waals surface area contributed by atoms with Crippen LogP contribution in [0.4, 0.5) is 17.5 Å². The van der Waals surface area contributed by atoms with Crippen molar-refractivity contribution in [3.63, 3.8) is 0 Å². The predicted molar refractivity (Wildman–Crippen MR) is 108 cm³/mol. The maximum atomic E-state index is 11.8. The molecule has 144 valence electrons. The first-order valence-corrected chi connectivity index (χ1v) is 9.39. The fourth-order valence-electron chi connectivity index (χ4n) is 3.48. The summed E-state index contributed by atoms with van der Waals surface area (Å²) in [7, 11) is 0. The lowest BCUT2D eigenvalue weighted by atomic mass is 9.91. The third kappa shape index (κ3) is 4.36. The maximum Gasteiger partial charge on any atom is 0.254 e. The number of hydrogen-bond donors (Lipinski definition) is 4. The number of aryl methyl sites for hydroxylation is 2. The highest BCUT2D eigenvalue weighted by Gasteiger charge is 2.23. The van der Waals surface area contributed by atoms with Crippen molar-refractivity contribution in [3.05, 3.63) is 40.6 Å². The highest BCUT2D eigenvalue weighted by atomic mass is 16.1. The van der Waals surface area contributed by atoms with Crippen LogP contribution in [0.1, 0.15) is 52.7 Å². The van der Waals surface area contributed by atoms with Crippen LogP contribution in [0.25, 0.3) is 0 Å². The van der Waals surface area contributed by atoms with E-state index in [0.29, 0.717) is 11.8 Å². The minimum Gasteiger partial charge on any atom is -0.365 e. The molecule has 27 heavy (non-hydrogen) atoms. The molecule has 1 saturated carbocycles. The van der Waals surface area contributed by atoms with E-state index in [2.05, 4.69) is 41.4 Å². The molecular weight excluding hydrogens is 340 g/mol. The Morgan fingerprint density at radius 1 is 1.15 bits per heavy atom. The number of nitrogens with one attached hydrogen (secondary N) is 2. The first kappa shape index (κ1) is 19.1. The molecule has 0 unspecified atom stereocenters. The quantitative estimate of drug-likeness (QED) is 0.644. The van der Waals surface area contributed by atoms with Gasteiger partial charge < -0.3 is 22.1 Å². The second-order valence-electron chi connectivity index (χ2n) is 7.38. The van der Waals surface area contributed by atoms with Crippen LogP contribution in [-0.2, 0) is 0 Å². The van der Waals surface area contributed by atoms with Crippen LogP contribution >= 0.6 is 0 Å². The van der Waals surface area contributed by atoms with Crippen molar-refractivity contribution >= 4 is 23.4 Å². The molecule has 1 aromatic heterocycles. The van der Waals surface area contributed by atoms with E-state index in [0.717, 1.165) is 31.4 Å². The van der Waals surface area contributed by atoms with E-state index in [1.165, 1.54) is 22.9 Å². The lowest BCUT2D eigenvalue weighted by Gasteiger charge is -2.29. The summed E-state index contributed by atoms with van der Waals surface area (Å²) in [4.78, 5) is 20.6. The first-order valence-electron chi connectivity index (χ1n) is 9.39. The number of rotatable bonds is 5. The van der Waals surface area contributed by atoms with Gasteiger partial charge in [0.1, 0.15) is 11.4 Å². The summed E-state index contributed by atoms with van der Waals surface area (Å²) in [5, 5.41) is 6.54. The summed E-state index contributed by atoms with van der Waals surface area (Å²) < 4.78 is 0. The zero-order valence-corrected chi connectivity index (χ0v) is 16.2. The summed E-state index contributed by atoms with van der Waals surface area (Å²) >= 11 is 0. The van der Waals surface area contributed by atoms with Crippen LogP contribution in [0, 0.1) is 20.8 Å². The summed E-state index contributed by atoms with van der Waals surface area (Å²) in [6, 6.07) is 4.27. The molecule has 0 spiro atoms. The van der Waals surface area contributed by atoms with Gasteiger partial charge in [-0.05, 0) is 62.4 Å². The summed E-state index contributed by atoms with van der Waals surface area (Å²) in [5.41, 5.74) is 16.4. The summed E-state index contributed by atoms with van der Waals surface area (Å²) in [5.74, 6) is 0.274. The predicted octanol–water partition coefficient (Wildman–Crippen LogP) is 2.93. The maximum absolute atomic E-state index is 11.8. The van der Waals surface area contributed by atoms with Crippen LogP contribution in [0.2, 0.25) is 0 Å². The van der Waals surface area contributed by atoms with Gasteiger partial charge in [0.2, 0.25) is 5.95 Å². The molecule has 0 radical (unpaired) electrons. The van der Waals surface area contributed by atoms with Crippen molar-refractivity contribution in [3.8, 4) is 0 Å². The standard InChI is InChI=1S/C20H28N6O/c1-11-8-14(9-12(2)13(11)3)24-19-15(18(22)27)10-23-20(26-19)25-17-7-5-4-6-16(17)21/h8-10,16-17H,4-7,21H2,1-3H3,(H2,22,27)(H2,23,24,25,26)/t16-,17+/m0/s1. The fraction of sp³-hybridized carbons (Fsp3) is 0.450. The Kier molecular flexibility index (Phi) is 5.60. The number of carbonyl (C=O) groups is 1. The Labute approximate surface area is 160 Å². The smallest absolute Gasteiger partial charge is 0.254 e. The first-order chi connectivity index (χ1) is 12.8. The van der Waals surface area contributed by atoms with E-state index >= 15 is 0 Å². The van der Waals surface area contributed by atoms with Crippen LogP contribution < -0.4 is 22.1 Å². The average Bonchev–Trinajstić information content (AvgIpc) is 2.61. The van der Waals surface area contributed by atoms with Gasteiger partial charge in [0.15, 0.2) is 0 Å². The Morgan fingerprint density at radius 2 is 1.81 bits per heavy atom. The SMILES string of the molecule is Cc1cc(Nc2nc(N[C@@H]3CCCC[C@@H]3N)ncc2C(N)=O)cc(C)c1C. The molecule has 3 rings (SSSR count). The van der Waals surface area contributed by atoms with Gasteiger partial charge in [-0.25, -0.2) is 4.98 Å². The van der Waals surface area contributed by atoms with Crippen molar-refractivity contribution in [2.24, 2.45) is 11.5 Å². The molecular formula is C20H28N6O. The van der Waals surface area contributed by atoms with Crippen LogP contribution in [-0.4, -0.2) is 28.0 Å². The fourth-order valence-corrected chi connectivity index (χ4v) is 3.48. The molecule has 1 fully saturated rings. The molecule has 0 bridgehead atoms. The molecule has 7 heteroatoms. The Hall–Kier alpha value is -2.67. The normalized spacial score (nSPS) is 19.6. The van der Waals surface area contributed by atoms with Gasteiger partial charge in [-0.2, -0.15) is 4.98 Å². The zero-order valence-electron chi connectivity index (χ0n) is 16.2. The summed E-state index contributed by atoms with van der Waals surface area (Å²) in [6.07, 6.45) is 5.73. The van der Waals surface area contributed by atoms with Gasteiger partial charge in [0.25, 0.3) is 5.91 Å². The minimum absolute atomic E-state index is 0.0805. The minimum atomic E-state index is -0.570. The molecule has 6 N–H and O–H groups in total. The van der Waals surface area contributed by atoms with Gasteiger partial charge in [-0.15, -0.1) is 0 Å². The highest BCUT2D eigenvalue weighted by Crippen LogP contribution is 2.25. The van der Waals surface area contributed by atoms with Crippen molar-refractivity contribution in [2.75, 3.05) is 10.6 Å². The Bertz CT molecular complexity index is 827. The number of hydrogen-bond acceptors (Lipinski definition) is 6. The van der Waals surface area contributed by atoms with Crippen molar-refractivity contribution < 1.29 is 4.79 Å². The van der Waals surface area contributed by atoms with Crippen LogP contribution in [0.5, 0.6) is 0 Å². The molecule has 1 aromatic carbocycles. The van der Waals surface area contributed by atoms with Crippen LogP contribution in [0.3, 0.4) is 0 Å². The second kappa shape index (κ2) is 7.92. The van der Waals surface area contributed by atoms with Crippen molar-refractivity contribution in [1.82, 2.24) is 9.97 Å². The molecule has 7 nitrogen and oxygen atoms in total. The number of nitrogens with zero attached hydrogens (tertiary/aromatic N) is 2. The monoisotopic (exact) mass is 368 g/mol. The number of amides is 1. The Balaban J connectivity index is 1.89. The number of carbonyl (C=O) groups excluding carboxylic acids is 1. The molecule has 0 aliphatic heterocycles. The van der Waals surface area contributed by atoms with E-state index in [1.807, 2.05) is 12.1 Å². The number of benzene rings is 1. The van der Waals surface area contributed by atoms with Gasteiger partial charge in [-0.3, -0.25) is 4.79 Å².